The largest absolute Gasteiger partial charge is 0.376 e. The lowest BCUT2D eigenvalue weighted by Crippen LogP contribution is -2.25. The second-order valence-electron chi connectivity index (χ2n) is 6.32. The summed E-state index contributed by atoms with van der Waals surface area (Å²) in [4.78, 5) is 9.49. The molecule has 0 radical (unpaired) electrons. The average molecular weight is 313 g/mol. The van der Waals surface area contributed by atoms with Crippen molar-refractivity contribution in [2.75, 3.05) is 26.3 Å². The Morgan fingerprint density at radius 3 is 1.83 bits per heavy atom. The van der Waals surface area contributed by atoms with Gasteiger partial charge in [0.1, 0.15) is 11.7 Å². The first-order valence-corrected chi connectivity index (χ1v) is 8.59. The molecule has 0 aliphatic carbocycles. The van der Waals surface area contributed by atoms with E-state index in [0.29, 0.717) is 0 Å². The summed E-state index contributed by atoms with van der Waals surface area (Å²) < 4.78 is 11.3. The zero-order chi connectivity index (χ0) is 15.5. The lowest BCUT2D eigenvalue weighted by atomic mass is 10.1. The maximum atomic E-state index is 5.66. The molecule has 0 bridgehead atoms. The Hall–Kier alpha value is -1.72. The molecule has 0 amide bonds. The zero-order valence-electron chi connectivity index (χ0n) is 13.3. The van der Waals surface area contributed by atoms with Crippen LogP contribution in [0.4, 0.5) is 0 Å². The van der Waals surface area contributed by atoms with Gasteiger partial charge in [-0.25, -0.2) is 0 Å². The number of amidine groups is 2. The molecular formula is C18H23N3O2. The molecule has 5 heteroatoms. The fraction of sp³-hybridized carbons (Fsp3) is 0.556. The van der Waals surface area contributed by atoms with Crippen molar-refractivity contribution in [1.29, 1.82) is 0 Å². The maximum Gasteiger partial charge on any atom is 0.134 e. The summed E-state index contributed by atoms with van der Waals surface area (Å²) in [6.07, 6.45) is 5.05. The van der Waals surface area contributed by atoms with Gasteiger partial charge >= 0.3 is 0 Å². The van der Waals surface area contributed by atoms with Gasteiger partial charge in [-0.15, -0.1) is 0 Å². The highest BCUT2D eigenvalue weighted by molar-refractivity contribution is 6.25. The van der Waals surface area contributed by atoms with E-state index in [0.717, 1.165) is 74.8 Å². The van der Waals surface area contributed by atoms with Crippen molar-refractivity contribution in [1.82, 2.24) is 5.32 Å². The monoisotopic (exact) mass is 313 g/mol. The van der Waals surface area contributed by atoms with Gasteiger partial charge in [0.2, 0.25) is 0 Å². The van der Waals surface area contributed by atoms with E-state index in [-0.39, 0.29) is 12.2 Å². The average Bonchev–Trinajstić information content (AvgIpc) is 3.32. The topological polar surface area (TPSA) is 55.2 Å². The van der Waals surface area contributed by atoms with Crippen LogP contribution in [0.3, 0.4) is 0 Å². The Morgan fingerprint density at radius 1 is 0.870 bits per heavy atom. The Kier molecular flexibility index (Phi) is 4.39. The van der Waals surface area contributed by atoms with Crippen molar-refractivity contribution in [3.8, 4) is 0 Å². The smallest absolute Gasteiger partial charge is 0.134 e. The van der Waals surface area contributed by atoms with Crippen LogP contribution in [0.5, 0.6) is 0 Å². The molecular weight excluding hydrogens is 290 g/mol. The first kappa shape index (κ1) is 14.8. The van der Waals surface area contributed by atoms with Gasteiger partial charge in [-0.1, -0.05) is 24.3 Å². The molecule has 3 aliphatic rings. The third-order valence-electron chi connectivity index (χ3n) is 4.63. The molecule has 1 aromatic carbocycles. The number of benzene rings is 1. The Bertz CT molecular complexity index is 561. The molecule has 1 aromatic rings. The number of aliphatic imine (C=N–C) groups is 2. The van der Waals surface area contributed by atoms with Crippen molar-refractivity contribution in [3.63, 3.8) is 0 Å². The van der Waals surface area contributed by atoms with E-state index in [2.05, 4.69) is 17.4 Å². The van der Waals surface area contributed by atoms with Crippen LogP contribution >= 0.6 is 0 Å². The van der Waals surface area contributed by atoms with Crippen LogP contribution in [0.15, 0.2) is 34.3 Å². The Morgan fingerprint density at radius 2 is 1.39 bits per heavy atom. The zero-order valence-corrected chi connectivity index (χ0v) is 13.3. The van der Waals surface area contributed by atoms with Gasteiger partial charge in [0.25, 0.3) is 0 Å². The van der Waals surface area contributed by atoms with Gasteiger partial charge < -0.3 is 14.8 Å². The SMILES string of the molecule is c1ccc2c(c1)C(=NC[C@H]1CCCO1)NC2=NC[C@@H]1CCCO1. The highest BCUT2D eigenvalue weighted by Crippen LogP contribution is 2.19. The lowest BCUT2D eigenvalue weighted by molar-refractivity contribution is 0.118. The maximum absolute atomic E-state index is 5.66. The van der Waals surface area contributed by atoms with Crippen molar-refractivity contribution < 1.29 is 9.47 Å². The van der Waals surface area contributed by atoms with Crippen molar-refractivity contribution in [2.24, 2.45) is 9.98 Å². The third kappa shape index (κ3) is 3.31. The van der Waals surface area contributed by atoms with E-state index >= 15 is 0 Å². The third-order valence-corrected chi connectivity index (χ3v) is 4.63. The quantitative estimate of drug-likeness (QED) is 0.926. The second kappa shape index (κ2) is 6.81. The van der Waals surface area contributed by atoms with Crippen LogP contribution in [-0.2, 0) is 9.47 Å². The molecule has 23 heavy (non-hydrogen) atoms. The van der Waals surface area contributed by atoms with Gasteiger partial charge in [0, 0.05) is 24.3 Å². The van der Waals surface area contributed by atoms with Crippen LogP contribution < -0.4 is 5.32 Å². The molecule has 5 nitrogen and oxygen atoms in total. The summed E-state index contributed by atoms with van der Waals surface area (Å²) in [5, 5.41) is 3.39. The van der Waals surface area contributed by atoms with E-state index in [1.54, 1.807) is 0 Å². The van der Waals surface area contributed by atoms with E-state index in [1.165, 1.54) is 0 Å². The van der Waals surface area contributed by atoms with E-state index in [1.807, 2.05) is 12.1 Å². The summed E-state index contributed by atoms with van der Waals surface area (Å²) >= 11 is 0. The molecule has 3 heterocycles. The molecule has 0 aromatic heterocycles. The summed E-state index contributed by atoms with van der Waals surface area (Å²) in [6, 6.07) is 8.30. The number of hydrogen-bond acceptors (Lipinski definition) is 4. The Labute approximate surface area is 136 Å². The standard InChI is InChI=1S/C18H23N3O2/c1-2-8-16-15(7-1)17(19-11-13-5-3-9-22-13)21-18(16)20-12-14-6-4-10-23-14/h1-2,7-8,13-14H,3-6,9-12H2,(H,19,20,21)/t13-,14+. The van der Waals surface area contributed by atoms with Crippen molar-refractivity contribution in [2.45, 2.75) is 37.9 Å². The summed E-state index contributed by atoms with van der Waals surface area (Å²) in [7, 11) is 0. The normalized spacial score (nSPS) is 30.1. The molecule has 122 valence electrons. The first-order valence-electron chi connectivity index (χ1n) is 8.59. The highest BCUT2D eigenvalue weighted by atomic mass is 16.5. The van der Waals surface area contributed by atoms with Crippen LogP contribution in [0.1, 0.15) is 36.8 Å². The predicted octanol–water partition coefficient (Wildman–Crippen LogP) is 2.14. The molecule has 3 aliphatic heterocycles. The number of rotatable bonds is 4. The number of fused-ring (bicyclic) bond motifs is 1. The number of nitrogens with one attached hydrogen (secondary N) is 1. The van der Waals surface area contributed by atoms with Crippen LogP contribution in [0, 0.1) is 0 Å². The molecule has 1 N–H and O–H groups in total. The summed E-state index contributed by atoms with van der Waals surface area (Å²) in [5.41, 5.74) is 2.27. The van der Waals surface area contributed by atoms with E-state index < -0.39 is 0 Å². The van der Waals surface area contributed by atoms with Gasteiger partial charge in [-0.05, 0) is 25.7 Å². The van der Waals surface area contributed by atoms with Crippen LogP contribution in [0.25, 0.3) is 0 Å². The fourth-order valence-electron chi connectivity index (χ4n) is 3.36. The molecule has 4 rings (SSSR count). The Balaban J connectivity index is 1.51. The van der Waals surface area contributed by atoms with Gasteiger partial charge in [0.15, 0.2) is 0 Å². The van der Waals surface area contributed by atoms with Crippen LogP contribution in [-0.4, -0.2) is 50.2 Å². The number of nitrogens with zero attached hydrogens (tertiary/aromatic N) is 2. The highest BCUT2D eigenvalue weighted by Gasteiger charge is 2.24. The predicted molar refractivity (Wildman–Crippen MR) is 90.3 cm³/mol. The minimum absolute atomic E-state index is 0.268. The second-order valence-corrected chi connectivity index (χ2v) is 6.32. The minimum Gasteiger partial charge on any atom is -0.376 e. The fourth-order valence-corrected chi connectivity index (χ4v) is 3.36. The molecule has 0 saturated carbocycles. The van der Waals surface area contributed by atoms with E-state index in [9.17, 15) is 0 Å². The van der Waals surface area contributed by atoms with Gasteiger partial charge in [0.05, 0.1) is 25.3 Å². The van der Waals surface area contributed by atoms with Gasteiger partial charge in [-0.3, -0.25) is 9.98 Å². The molecule has 0 unspecified atom stereocenters. The molecule has 2 fully saturated rings. The van der Waals surface area contributed by atoms with Crippen LogP contribution in [0.2, 0.25) is 0 Å². The number of hydrogen-bond donors (Lipinski definition) is 1. The van der Waals surface area contributed by atoms with Crippen molar-refractivity contribution in [3.05, 3.63) is 35.4 Å². The van der Waals surface area contributed by atoms with Crippen molar-refractivity contribution >= 4 is 11.7 Å². The molecule has 2 atom stereocenters. The number of ether oxygens (including phenoxy) is 2. The molecule has 2 saturated heterocycles. The first-order chi connectivity index (χ1) is 11.4. The minimum atomic E-state index is 0.268. The molecule has 0 spiro atoms. The summed E-state index contributed by atoms with van der Waals surface area (Å²) in [5.74, 6) is 1.84. The van der Waals surface area contributed by atoms with E-state index in [4.69, 9.17) is 19.5 Å². The van der Waals surface area contributed by atoms with Gasteiger partial charge in [-0.2, -0.15) is 0 Å². The summed E-state index contributed by atoms with van der Waals surface area (Å²) in [6.45, 7) is 3.17. The lowest BCUT2D eigenvalue weighted by Gasteiger charge is -2.07.